The molecule has 1 atom stereocenters. The van der Waals surface area contributed by atoms with Gasteiger partial charge in [0, 0.05) is 23.9 Å². The van der Waals surface area contributed by atoms with Crippen LogP contribution in [-0.2, 0) is 20.4 Å². The zero-order valence-corrected chi connectivity index (χ0v) is 13.6. The number of halogens is 1. The van der Waals surface area contributed by atoms with Crippen molar-refractivity contribution < 1.29 is 13.2 Å². The van der Waals surface area contributed by atoms with Gasteiger partial charge in [0.15, 0.2) is 0 Å². The Balaban J connectivity index is 2.20. The van der Waals surface area contributed by atoms with E-state index in [9.17, 15) is 13.2 Å². The molecule has 116 valence electrons. The molecule has 0 aliphatic carbocycles. The summed E-state index contributed by atoms with van der Waals surface area (Å²) in [5.41, 5.74) is 0.436. The summed E-state index contributed by atoms with van der Waals surface area (Å²) < 4.78 is 22.4. The summed E-state index contributed by atoms with van der Waals surface area (Å²) >= 11 is 5.88. The number of carbonyl (C=O) groups excluding carboxylic acids is 1. The van der Waals surface area contributed by atoms with Gasteiger partial charge in [0.05, 0.1) is 11.3 Å². The predicted octanol–water partition coefficient (Wildman–Crippen LogP) is 1.71. The van der Waals surface area contributed by atoms with E-state index >= 15 is 0 Å². The van der Waals surface area contributed by atoms with Crippen LogP contribution in [0.4, 0.5) is 0 Å². The first kappa shape index (κ1) is 16.3. The van der Waals surface area contributed by atoms with E-state index in [1.54, 1.807) is 17.0 Å². The standard InChI is InChI=1S/C14H19ClN2O3S/c1-14(2,11-3-5-12(15)6-4-11)17-8-10(7-13(17)18)9-21(16,19)20/h3-6,10H,7-9H2,1-2H3,(H2,16,19,20). The average molecular weight is 331 g/mol. The summed E-state index contributed by atoms with van der Waals surface area (Å²) in [7, 11) is -3.57. The number of rotatable bonds is 4. The summed E-state index contributed by atoms with van der Waals surface area (Å²) in [6.45, 7) is 4.27. The van der Waals surface area contributed by atoms with E-state index in [0.29, 0.717) is 11.6 Å². The Morgan fingerprint density at radius 3 is 2.43 bits per heavy atom. The van der Waals surface area contributed by atoms with Crippen molar-refractivity contribution >= 4 is 27.5 Å². The highest BCUT2D eigenvalue weighted by atomic mass is 35.5. The smallest absolute Gasteiger partial charge is 0.223 e. The van der Waals surface area contributed by atoms with E-state index in [1.165, 1.54) is 0 Å². The van der Waals surface area contributed by atoms with Crippen molar-refractivity contribution in [1.29, 1.82) is 0 Å². The third-order valence-corrected chi connectivity index (χ3v) is 5.09. The molecule has 0 spiro atoms. The molecule has 1 fully saturated rings. The van der Waals surface area contributed by atoms with Crippen molar-refractivity contribution in [3.05, 3.63) is 34.9 Å². The molecule has 1 aliphatic rings. The van der Waals surface area contributed by atoms with Gasteiger partial charge in [-0.05, 0) is 31.5 Å². The van der Waals surface area contributed by atoms with Crippen molar-refractivity contribution in [1.82, 2.24) is 4.90 Å². The fourth-order valence-corrected chi connectivity index (χ4v) is 3.78. The van der Waals surface area contributed by atoms with Crippen LogP contribution < -0.4 is 5.14 Å². The van der Waals surface area contributed by atoms with Gasteiger partial charge in [-0.1, -0.05) is 23.7 Å². The molecule has 7 heteroatoms. The molecule has 0 bridgehead atoms. The van der Waals surface area contributed by atoms with Crippen molar-refractivity contribution in [2.24, 2.45) is 11.1 Å². The molecular formula is C14H19ClN2O3S. The largest absolute Gasteiger partial charge is 0.333 e. The minimum Gasteiger partial charge on any atom is -0.333 e. The quantitative estimate of drug-likeness (QED) is 0.912. The number of nitrogens with two attached hydrogens (primary N) is 1. The van der Waals surface area contributed by atoms with E-state index in [1.807, 2.05) is 26.0 Å². The van der Waals surface area contributed by atoms with E-state index in [4.69, 9.17) is 16.7 Å². The normalized spacial score (nSPS) is 20.1. The SMILES string of the molecule is CC(C)(c1ccc(Cl)cc1)N1CC(CS(N)(=O)=O)CC1=O. The minimum absolute atomic E-state index is 0.0522. The lowest BCUT2D eigenvalue weighted by Crippen LogP contribution is -2.42. The number of hydrogen-bond donors (Lipinski definition) is 1. The second-order valence-electron chi connectivity index (χ2n) is 5.97. The number of primary sulfonamides is 1. The van der Waals surface area contributed by atoms with Gasteiger partial charge < -0.3 is 4.90 Å². The first-order valence-electron chi connectivity index (χ1n) is 6.66. The fourth-order valence-electron chi connectivity index (χ4n) is 2.78. The lowest BCUT2D eigenvalue weighted by Gasteiger charge is -2.36. The maximum atomic E-state index is 12.2. The molecule has 1 unspecified atom stereocenters. The molecule has 1 amide bonds. The molecular weight excluding hydrogens is 312 g/mol. The van der Waals surface area contributed by atoms with Gasteiger partial charge in [-0.2, -0.15) is 0 Å². The number of benzene rings is 1. The van der Waals surface area contributed by atoms with Gasteiger partial charge in [0.25, 0.3) is 0 Å². The van der Waals surface area contributed by atoms with Crippen LogP contribution in [0.3, 0.4) is 0 Å². The number of sulfonamides is 1. The molecule has 1 aromatic carbocycles. The van der Waals surface area contributed by atoms with Crippen LogP contribution >= 0.6 is 11.6 Å². The highest BCUT2D eigenvalue weighted by molar-refractivity contribution is 7.89. The average Bonchev–Trinajstić information content (AvgIpc) is 2.69. The summed E-state index contributed by atoms with van der Waals surface area (Å²) in [4.78, 5) is 13.9. The molecule has 5 nitrogen and oxygen atoms in total. The third-order valence-electron chi connectivity index (χ3n) is 3.90. The maximum absolute atomic E-state index is 12.2. The topological polar surface area (TPSA) is 80.5 Å². The Hall–Kier alpha value is -1.11. The summed E-state index contributed by atoms with van der Waals surface area (Å²) in [5, 5.41) is 5.70. The predicted molar refractivity (Wildman–Crippen MR) is 82.3 cm³/mol. The number of nitrogens with zero attached hydrogens (tertiary/aromatic N) is 1. The summed E-state index contributed by atoms with van der Waals surface area (Å²) in [5.74, 6) is -0.464. The van der Waals surface area contributed by atoms with Gasteiger partial charge in [0.2, 0.25) is 15.9 Å². The second kappa shape index (κ2) is 5.59. The molecule has 21 heavy (non-hydrogen) atoms. The van der Waals surface area contributed by atoms with Gasteiger partial charge in [-0.3, -0.25) is 4.79 Å². The molecule has 0 aromatic heterocycles. The van der Waals surface area contributed by atoms with Crippen LogP contribution in [0.5, 0.6) is 0 Å². The zero-order chi connectivity index (χ0) is 15.8. The van der Waals surface area contributed by atoms with Crippen LogP contribution in [-0.4, -0.2) is 31.5 Å². The Morgan fingerprint density at radius 2 is 1.90 bits per heavy atom. The second-order valence-corrected chi connectivity index (χ2v) is 8.07. The van der Waals surface area contributed by atoms with E-state index in [0.717, 1.165) is 5.56 Å². The van der Waals surface area contributed by atoms with E-state index < -0.39 is 15.6 Å². The van der Waals surface area contributed by atoms with Gasteiger partial charge >= 0.3 is 0 Å². The number of amides is 1. The molecule has 0 radical (unpaired) electrons. The molecule has 1 saturated heterocycles. The molecule has 2 N–H and O–H groups in total. The summed E-state index contributed by atoms with van der Waals surface area (Å²) in [6, 6.07) is 7.31. The summed E-state index contributed by atoms with van der Waals surface area (Å²) in [6.07, 6.45) is 0.216. The van der Waals surface area contributed by atoms with Crippen LogP contribution in [0.25, 0.3) is 0 Å². The first-order valence-corrected chi connectivity index (χ1v) is 8.76. The molecule has 1 aliphatic heterocycles. The third kappa shape index (κ3) is 3.75. The molecule has 0 saturated carbocycles. The van der Waals surface area contributed by atoms with Crippen molar-refractivity contribution in [2.45, 2.75) is 25.8 Å². The lowest BCUT2D eigenvalue weighted by atomic mass is 9.92. The molecule has 2 rings (SSSR count). The fraction of sp³-hybridized carbons (Fsp3) is 0.500. The van der Waals surface area contributed by atoms with E-state index in [-0.39, 0.29) is 24.0 Å². The van der Waals surface area contributed by atoms with Crippen LogP contribution in [0, 0.1) is 5.92 Å². The number of carbonyl (C=O) groups is 1. The van der Waals surface area contributed by atoms with Crippen molar-refractivity contribution in [2.75, 3.05) is 12.3 Å². The Morgan fingerprint density at radius 1 is 1.33 bits per heavy atom. The van der Waals surface area contributed by atoms with Crippen LogP contribution in [0.1, 0.15) is 25.8 Å². The first-order chi connectivity index (χ1) is 9.59. The molecule has 1 heterocycles. The van der Waals surface area contributed by atoms with Crippen molar-refractivity contribution in [3.8, 4) is 0 Å². The Bertz CT molecular complexity index is 641. The monoisotopic (exact) mass is 330 g/mol. The highest BCUT2D eigenvalue weighted by Gasteiger charge is 2.40. The van der Waals surface area contributed by atoms with Crippen LogP contribution in [0.15, 0.2) is 24.3 Å². The van der Waals surface area contributed by atoms with Gasteiger partial charge in [-0.15, -0.1) is 0 Å². The Kier molecular flexibility index (Phi) is 4.33. The van der Waals surface area contributed by atoms with Gasteiger partial charge in [-0.25, -0.2) is 13.6 Å². The zero-order valence-electron chi connectivity index (χ0n) is 12.0. The lowest BCUT2D eigenvalue weighted by molar-refractivity contribution is -0.132. The van der Waals surface area contributed by atoms with E-state index in [2.05, 4.69) is 0 Å². The van der Waals surface area contributed by atoms with Crippen molar-refractivity contribution in [3.63, 3.8) is 0 Å². The van der Waals surface area contributed by atoms with Gasteiger partial charge in [0.1, 0.15) is 0 Å². The van der Waals surface area contributed by atoms with Crippen LogP contribution in [0.2, 0.25) is 5.02 Å². The maximum Gasteiger partial charge on any atom is 0.223 e. The highest BCUT2D eigenvalue weighted by Crippen LogP contribution is 2.34. The molecule has 1 aromatic rings. The number of likely N-dealkylation sites (tertiary alicyclic amines) is 1. The minimum atomic E-state index is -3.57. The number of hydrogen-bond acceptors (Lipinski definition) is 3. The Labute approximate surface area is 130 Å².